The van der Waals surface area contributed by atoms with Crippen molar-refractivity contribution in [1.29, 1.82) is 0 Å². The largest absolute Gasteiger partial charge is 0.464 e. The molecule has 1 aliphatic heterocycles. The Morgan fingerprint density at radius 1 is 0.583 bits per heavy atom. The van der Waals surface area contributed by atoms with Crippen molar-refractivity contribution in [1.82, 2.24) is 9.80 Å². The Morgan fingerprint density at radius 2 is 0.979 bits per heavy atom. The Morgan fingerprint density at radius 3 is 1.44 bits per heavy atom. The fourth-order valence-corrected chi connectivity index (χ4v) is 6.89. The molecule has 5 nitrogen and oxygen atoms in total. The van der Waals surface area contributed by atoms with Crippen LogP contribution >= 0.6 is 12.4 Å². The molecule has 1 unspecified atom stereocenters. The van der Waals surface area contributed by atoms with Crippen LogP contribution in [0.25, 0.3) is 0 Å². The van der Waals surface area contributed by atoms with Gasteiger partial charge in [-0.15, -0.1) is 12.4 Å². The van der Waals surface area contributed by atoms with Crippen molar-refractivity contribution in [2.45, 2.75) is 200 Å². The first-order valence-corrected chi connectivity index (χ1v) is 20.8. The number of hydrogen-bond donors (Lipinski definition) is 1. The third kappa shape index (κ3) is 28.9. The van der Waals surface area contributed by atoms with Crippen LogP contribution in [0, 0.1) is 0 Å². The van der Waals surface area contributed by atoms with Gasteiger partial charge in [-0.25, -0.2) is 0 Å². The molecular formula is C42H81ClN2O3. The number of halogens is 1. The molecule has 48 heavy (non-hydrogen) atoms. The Bertz CT molecular complexity index is 732. The van der Waals surface area contributed by atoms with Crippen molar-refractivity contribution >= 4 is 18.4 Å². The van der Waals surface area contributed by atoms with E-state index in [0.29, 0.717) is 19.2 Å². The predicted octanol–water partition coefficient (Wildman–Crippen LogP) is 12.0. The number of ether oxygens (including phenoxy) is 1. The lowest BCUT2D eigenvalue weighted by atomic mass is 10.1. The zero-order valence-electron chi connectivity index (χ0n) is 32.0. The van der Waals surface area contributed by atoms with E-state index in [0.717, 1.165) is 45.4 Å². The number of esters is 1. The molecule has 6 heteroatoms. The number of nitrogens with zero attached hydrogens (tertiary/aromatic N) is 2. The van der Waals surface area contributed by atoms with Crippen LogP contribution in [0.5, 0.6) is 0 Å². The average Bonchev–Trinajstić information content (AvgIpc) is 3.45. The van der Waals surface area contributed by atoms with Crippen LogP contribution in [0.1, 0.15) is 194 Å². The van der Waals surface area contributed by atoms with Crippen LogP contribution in [0.3, 0.4) is 0 Å². The number of allylic oxidation sites excluding steroid dienone is 4. The van der Waals surface area contributed by atoms with E-state index in [9.17, 15) is 9.90 Å². The molecule has 1 aliphatic rings. The summed E-state index contributed by atoms with van der Waals surface area (Å²) in [6.45, 7) is 8.79. The maximum Gasteiger partial charge on any atom is 0.305 e. The summed E-state index contributed by atoms with van der Waals surface area (Å²) in [6, 6.07) is 0. The fraction of sp³-hybridized carbons (Fsp3) is 0.881. The van der Waals surface area contributed by atoms with E-state index < -0.39 is 0 Å². The van der Waals surface area contributed by atoms with E-state index in [2.05, 4.69) is 48.0 Å². The zero-order chi connectivity index (χ0) is 33.9. The smallest absolute Gasteiger partial charge is 0.305 e. The molecule has 0 saturated carbocycles. The summed E-state index contributed by atoms with van der Waals surface area (Å²) in [5.41, 5.74) is 0. The summed E-state index contributed by atoms with van der Waals surface area (Å²) < 4.78 is 5.63. The average molecular weight is 698 g/mol. The van der Waals surface area contributed by atoms with Crippen LogP contribution in [0.15, 0.2) is 24.3 Å². The lowest BCUT2D eigenvalue weighted by Crippen LogP contribution is -2.41. The van der Waals surface area contributed by atoms with Gasteiger partial charge >= 0.3 is 5.97 Å². The second kappa shape index (κ2) is 37.4. The van der Waals surface area contributed by atoms with E-state index in [-0.39, 0.29) is 25.0 Å². The number of β-amino-alcohol motifs (C(OH)–C–C–N with tert-alkyl or cyclic N) is 1. The number of unbranched alkanes of at least 4 members (excludes halogenated alkanes) is 22. The number of rotatable bonds is 35. The summed E-state index contributed by atoms with van der Waals surface area (Å²) in [6.07, 6.45) is 45.3. The predicted molar refractivity (Wildman–Crippen MR) is 211 cm³/mol. The highest BCUT2D eigenvalue weighted by molar-refractivity contribution is 5.85. The highest BCUT2D eigenvalue weighted by atomic mass is 35.5. The molecule has 1 N–H and O–H groups in total. The maximum atomic E-state index is 12.3. The molecular weight excluding hydrogens is 616 g/mol. The molecule has 0 aromatic carbocycles. The van der Waals surface area contributed by atoms with Crippen molar-refractivity contribution in [3.63, 3.8) is 0 Å². The molecule has 0 spiro atoms. The molecule has 1 fully saturated rings. The number of hydrogen-bond acceptors (Lipinski definition) is 5. The second-order valence-corrected chi connectivity index (χ2v) is 14.2. The highest BCUT2D eigenvalue weighted by Crippen LogP contribution is 2.21. The minimum Gasteiger partial charge on any atom is -0.464 e. The first-order valence-electron chi connectivity index (χ1n) is 20.8. The molecule has 0 aromatic rings. The molecule has 1 rings (SSSR count). The third-order valence-electron chi connectivity index (χ3n) is 9.91. The summed E-state index contributed by atoms with van der Waals surface area (Å²) in [4.78, 5) is 17.2. The Labute approximate surface area is 305 Å². The van der Waals surface area contributed by atoms with Gasteiger partial charge in [0.05, 0.1) is 12.8 Å². The Hall–Kier alpha value is -0.880. The van der Waals surface area contributed by atoms with Crippen LogP contribution in [-0.4, -0.2) is 66.4 Å². The van der Waals surface area contributed by atoms with Gasteiger partial charge in [-0.2, -0.15) is 0 Å². The van der Waals surface area contributed by atoms with Gasteiger partial charge in [-0.1, -0.05) is 147 Å². The van der Waals surface area contributed by atoms with Gasteiger partial charge in [0.2, 0.25) is 0 Å². The Kier molecular flexibility index (Phi) is 36.7. The summed E-state index contributed by atoms with van der Waals surface area (Å²) in [5.74, 6) is -0.0390. The van der Waals surface area contributed by atoms with Crippen LogP contribution in [0.2, 0.25) is 0 Å². The van der Waals surface area contributed by atoms with Gasteiger partial charge in [-0.3, -0.25) is 14.6 Å². The minimum atomic E-state index is -0.0390. The van der Waals surface area contributed by atoms with Crippen LogP contribution < -0.4 is 0 Å². The van der Waals surface area contributed by atoms with Gasteiger partial charge in [0.15, 0.2) is 0 Å². The summed E-state index contributed by atoms with van der Waals surface area (Å²) >= 11 is 0. The van der Waals surface area contributed by atoms with Gasteiger partial charge in [0.25, 0.3) is 0 Å². The maximum absolute atomic E-state index is 12.3. The van der Waals surface area contributed by atoms with Crippen molar-refractivity contribution in [3.05, 3.63) is 24.3 Å². The van der Waals surface area contributed by atoms with Crippen molar-refractivity contribution in [3.8, 4) is 0 Å². The van der Waals surface area contributed by atoms with E-state index in [1.165, 1.54) is 154 Å². The first-order chi connectivity index (χ1) is 23.2. The van der Waals surface area contributed by atoms with E-state index >= 15 is 0 Å². The molecule has 0 amide bonds. The number of aliphatic hydroxyl groups is 1. The van der Waals surface area contributed by atoms with E-state index in [1.54, 1.807) is 0 Å². The van der Waals surface area contributed by atoms with Crippen LogP contribution in [0.4, 0.5) is 0 Å². The summed E-state index contributed by atoms with van der Waals surface area (Å²) in [5, 5.41) is 9.58. The number of aliphatic hydroxyl groups excluding tert-OH is 1. The topological polar surface area (TPSA) is 53.0 Å². The van der Waals surface area contributed by atoms with Gasteiger partial charge in [-0.05, 0) is 64.2 Å². The normalized spacial score (nSPS) is 15.6. The van der Waals surface area contributed by atoms with E-state index in [4.69, 9.17) is 4.74 Å². The van der Waals surface area contributed by atoms with Gasteiger partial charge < -0.3 is 9.84 Å². The van der Waals surface area contributed by atoms with Gasteiger partial charge in [0.1, 0.15) is 6.61 Å². The van der Waals surface area contributed by atoms with Crippen molar-refractivity contribution in [2.75, 3.05) is 39.4 Å². The Balaban J connectivity index is 0.0000221. The highest BCUT2D eigenvalue weighted by Gasteiger charge is 2.30. The zero-order valence-corrected chi connectivity index (χ0v) is 32.8. The lowest BCUT2D eigenvalue weighted by molar-refractivity contribution is -0.144. The van der Waals surface area contributed by atoms with Gasteiger partial charge in [0, 0.05) is 32.6 Å². The molecule has 1 saturated heterocycles. The number of carbonyl (C=O) groups excluding carboxylic acids is 1. The first kappa shape index (κ1) is 47.1. The second-order valence-electron chi connectivity index (χ2n) is 14.2. The minimum absolute atomic E-state index is 0. The van der Waals surface area contributed by atoms with E-state index in [1.807, 2.05) is 0 Å². The molecule has 0 bridgehead atoms. The van der Waals surface area contributed by atoms with Crippen molar-refractivity contribution < 1.29 is 14.6 Å². The fourth-order valence-electron chi connectivity index (χ4n) is 6.89. The monoisotopic (exact) mass is 697 g/mol. The third-order valence-corrected chi connectivity index (χ3v) is 9.91. The summed E-state index contributed by atoms with van der Waals surface area (Å²) in [7, 11) is 0. The quantitative estimate of drug-likeness (QED) is 0.0406. The lowest BCUT2D eigenvalue weighted by Gasteiger charge is -2.30. The van der Waals surface area contributed by atoms with Crippen LogP contribution in [-0.2, 0) is 9.53 Å². The molecule has 1 heterocycles. The molecule has 0 radical (unpaired) electrons. The molecule has 284 valence electrons. The molecule has 1 atom stereocenters. The molecule has 0 aromatic heterocycles. The SMILES string of the molecule is CCCCCCCCC=CCCCCCCCC(=O)OCCN1CCN(CCO)C1CCCCCCCC=CCCCCCCCC.Cl. The number of carbonyl (C=O) groups is 1. The van der Waals surface area contributed by atoms with Crippen molar-refractivity contribution in [2.24, 2.45) is 0 Å². The molecule has 0 aliphatic carbocycles. The standard InChI is InChI=1S/C42H80N2O3.ClH/c1-3-5-7-9-11-13-15-17-19-21-23-25-27-29-31-33-41-43(37-39-45)35-36-44(41)38-40-47-42(46)34-32-30-28-26-24-22-20-18-16-14-12-10-8-6-4-2;/h17-20,41,45H,3-16,21-40H2,1-2H3;1H.